The Hall–Kier alpha value is -2.95. The van der Waals surface area contributed by atoms with Gasteiger partial charge in [-0.15, -0.1) is 0 Å². The molecule has 5 heteroatoms. The van der Waals surface area contributed by atoms with Crippen molar-refractivity contribution in [2.75, 3.05) is 13.7 Å². The zero-order chi connectivity index (χ0) is 16.7. The molecule has 0 unspecified atom stereocenters. The van der Waals surface area contributed by atoms with Crippen LogP contribution in [0.25, 0.3) is 6.08 Å². The van der Waals surface area contributed by atoms with E-state index in [9.17, 15) is 15.0 Å². The number of aromatic hydroxyl groups is 2. The molecule has 0 aliphatic rings. The molecule has 1 amide bonds. The molecule has 0 fully saturated rings. The number of rotatable bonds is 6. The Morgan fingerprint density at radius 2 is 1.87 bits per heavy atom. The van der Waals surface area contributed by atoms with E-state index in [1.807, 2.05) is 24.3 Å². The largest absolute Gasteiger partial charge is 0.504 e. The number of hydrogen-bond donors (Lipinski definition) is 3. The van der Waals surface area contributed by atoms with E-state index in [2.05, 4.69) is 5.32 Å². The molecule has 0 saturated heterocycles. The first-order valence-corrected chi connectivity index (χ1v) is 7.19. The van der Waals surface area contributed by atoms with E-state index in [-0.39, 0.29) is 17.4 Å². The molecule has 0 saturated carbocycles. The standard InChI is InChI=1S/C18H19NO4/c1-23-15-6-2-13(3-7-15)10-11-19-18(22)9-5-14-4-8-16(20)17(21)12-14/h2-9,12,20-21H,10-11H2,1H3,(H,19,22)/b9-5+. The Kier molecular flexibility index (Phi) is 5.63. The quantitative estimate of drug-likeness (QED) is 0.565. The normalized spacial score (nSPS) is 10.7. The highest BCUT2D eigenvalue weighted by Gasteiger charge is 2.00. The molecular weight excluding hydrogens is 294 g/mol. The van der Waals surface area contributed by atoms with Gasteiger partial charge < -0.3 is 20.3 Å². The molecule has 0 bridgehead atoms. The maximum atomic E-state index is 11.7. The SMILES string of the molecule is COc1ccc(CCNC(=O)/C=C/c2ccc(O)c(O)c2)cc1. The lowest BCUT2D eigenvalue weighted by Crippen LogP contribution is -2.23. The summed E-state index contributed by atoms with van der Waals surface area (Å²) >= 11 is 0. The van der Waals surface area contributed by atoms with Crippen molar-refractivity contribution < 1.29 is 19.7 Å². The molecule has 0 atom stereocenters. The first kappa shape index (κ1) is 16.4. The maximum Gasteiger partial charge on any atom is 0.244 e. The molecule has 23 heavy (non-hydrogen) atoms. The predicted octanol–water partition coefficient (Wildman–Crippen LogP) is 2.48. The van der Waals surface area contributed by atoms with Crippen molar-refractivity contribution in [1.29, 1.82) is 0 Å². The highest BCUT2D eigenvalue weighted by atomic mass is 16.5. The number of phenols is 2. The van der Waals surface area contributed by atoms with Crippen LogP contribution >= 0.6 is 0 Å². The minimum absolute atomic E-state index is 0.189. The van der Waals surface area contributed by atoms with Crippen LogP contribution in [0.4, 0.5) is 0 Å². The van der Waals surface area contributed by atoms with Gasteiger partial charge in [0.2, 0.25) is 5.91 Å². The molecule has 0 aliphatic heterocycles. The summed E-state index contributed by atoms with van der Waals surface area (Å²) in [6.45, 7) is 0.524. The minimum Gasteiger partial charge on any atom is -0.504 e. The van der Waals surface area contributed by atoms with Crippen LogP contribution in [0.5, 0.6) is 17.2 Å². The van der Waals surface area contributed by atoms with Gasteiger partial charge in [0.25, 0.3) is 0 Å². The number of benzene rings is 2. The average Bonchev–Trinajstić information content (AvgIpc) is 2.56. The van der Waals surface area contributed by atoms with Crippen LogP contribution in [-0.4, -0.2) is 29.8 Å². The Morgan fingerprint density at radius 3 is 2.52 bits per heavy atom. The zero-order valence-corrected chi connectivity index (χ0v) is 12.8. The van der Waals surface area contributed by atoms with Crippen molar-refractivity contribution in [1.82, 2.24) is 5.32 Å². The maximum absolute atomic E-state index is 11.7. The van der Waals surface area contributed by atoms with E-state index >= 15 is 0 Å². The van der Waals surface area contributed by atoms with E-state index in [4.69, 9.17) is 4.74 Å². The first-order valence-electron chi connectivity index (χ1n) is 7.19. The van der Waals surface area contributed by atoms with Gasteiger partial charge in [-0.1, -0.05) is 18.2 Å². The third kappa shape index (κ3) is 5.07. The second-order valence-electron chi connectivity index (χ2n) is 4.97. The average molecular weight is 313 g/mol. The fourth-order valence-corrected chi connectivity index (χ4v) is 2.00. The van der Waals surface area contributed by atoms with E-state index in [0.29, 0.717) is 12.1 Å². The lowest BCUT2D eigenvalue weighted by Gasteiger charge is -2.04. The summed E-state index contributed by atoms with van der Waals surface area (Å²) in [5.41, 5.74) is 1.74. The summed E-state index contributed by atoms with van der Waals surface area (Å²) < 4.78 is 5.09. The summed E-state index contributed by atoms with van der Waals surface area (Å²) in [5.74, 6) is 0.183. The lowest BCUT2D eigenvalue weighted by molar-refractivity contribution is -0.116. The van der Waals surface area contributed by atoms with Crippen LogP contribution in [0.15, 0.2) is 48.5 Å². The van der Waals surface area contributed by atoms with Gasteiger partial charge in [-0.25, -0.2) is 0 Å². The molecule has 2 rings (SSSR count). The van der Waals surface area contributed by atoms with Gasteiger partial charge in [0.15, 0.2) is 11.5 Å². The van der Waals surface area contributed by atoms with E-state index < -0.39 is 0 Å². The van der Waals surface area contributed by atoms with Gasteiger partial charge in [-0.05, 0) is 47.9 Å². The number of amides is 1. The van der Waals surface area contributed by atoms with Crippen LogP contribution in [-0.2, 0) is 11.2 Å². The van der Waals surface area contributed by atoms with E-state index in [1.54, 1.807) is 19.3 Å². The number of phenolic OH excluding ortho intramolecular Hbond substituents is 2. The summed E-state index contributed by atoms with van der Waals surface area (Å²) in [4.78, 5) is 11.7. The van der Waals surface area contributed by atoms with Crippen LogP contribution < -0.4 is 10.1 Å². The summed E-state index contributed by atoms with van der Waals surface area (Å²) in [6.07, 6.45) is 3.69. The van der Waals surface area contributed by atoms with Crippen molar-refractivity contribution in [3.8, 4) is 17.2 Å². The Bertz CT molecular complexity index is 693. The number of carbonyl (C=O) groups is 1. The number of methoxy groups -OCH3 is 1. The van der Waals surface area contributed by atoms with Gasteiger partial charge in [-0.2, -0.15) is 0 Å². The smallest absolute Gasteiger partial charge is 0.244 e. The van der Waals surface area contributed by atoms with Gasteiger partial charge in [-0.3, -0.25) is 4.79 Å². The molecule has 0 heterocycles. The summed E-state index contributed by atoms with van der Waals surface area (Å²) in [7, 11) is 1.62. The monoisotopic (exact) mass is 313 g/mol. The molecule has 0 aliphatic carbocycles. The van der Waals surface area contributed by atoms with Gasteiger partial charge in [0.05, 0.1) is 7.11 Å². The third-order valence-electron chi connectivity index (χ3n) is 3.30. The van der Waals surface area contributed by atoms with Crippen molar-refractivity contribution in [2.45, 2.75) is 6.42 Å². The fourth-order valence-electron chi connectivity index (χ4n) is 2.00. The molecule has 0 aromatic heterocycles. The van der Waals surface area contributed by atoms with E-state index in [1.165, 1.54) is 18.2 Å². The van der Waals surface area contributed by atoms with Gasteiger partial charge in [0.1, 0.15) is 5.75 Å². The van der Waals surface area contributed by atoms with Crippen LogP contribution in [0.3, 0.4) is 0 Å². The lowest BCUT2D eigenvalue weighted by atomic mass is 10.1. The van der Waals surface area contributed by atoms with Crippen LogP contribution in [0.2, 0.25) is 0 Å². The van der Waals surface area contributed by atoms with Gasteiger partial charge in [0, 0.05) is 12.6 Å². The number of carbonyl (C=O) groups excluding carboxylic acids is 1. The summed E-state index contributed by atoms with van der Waals surface area (Å²) in [6, 6.07) is 12.0. The molecule has 0 spiro atoms. The van der Waals surface area contributed by atoms with Crippen molar-refractivity contribution in [3.05, 3.63) is 59.7 Å². The van der Waals surface area contributed by atoms with E-state index in [0.717, 1.165) is 17.7 Å². The second kappa shape index (κ2) is 7.89. The van der Waals surface area contributed by atoms with Crippen LogP contribution in [0.1, 0.15) is 11.1 Å². The molecule has 2 aromatic carbocycles. The molecule has 0 radical (unpaired) electrons. The van der Waals surface area contributed by atoms with Crippen molar-refractivity contribution in [3.63, 3.8) is 0 Å². The number of hydrogen-bond acceptors (Lipinski definition) is 4. The zero-order valence-electron chi connectivity index (χ0n) is 12.8. The van der Waals surface area contributed by atoms with Gasteiger partial charge >= 0.3 is 0 Å². The number of nitrogens with one attached hydrogen (secondary N) is 1. The van der Waals surface area contributed by atoms with Crippen LogP contribution in [0, 0.1) is 0 Å². The third-order valence-corrected chi connectivity index (χ3v) is 3.30. The predicted molar refractivity (Wildman–Crippen MR) is 88.5 cm³/mol. The highest BCUT2D eigenvalue weighted by molar-refractivity contribution is 5.91. The highest BCUT2D eigenvalue weighted by Crippen LogP contribution is 2.25. The van der Waals surface area contributed by atoms with Crippen molar-refractivity contribution >= 4 is 12.0 Å². The minimum atomic E-state index is -0.217. The Labute approximate surface area is 134 Å². The topological polar surface area (TPSA) is 78.8 Å². The first-order chi connectivity index (χ1) is 11.1. The van der Waals surface area contributed by atoms with Crippen molar-refractivity contribution in [2.24, 2.45) is 0 Å². The second-order valence-corrected chi connectivity index (χ2v) is 4.97. The molecule has 3 N–H and O–H groups in total. The number of ether oxygens (including phenoxy) is 1. The molecule has 120 valence electrons. The summed E-state index contributed by atoms with van der Waals surface area (Å²) in [5, 5.41) is 21.4. The molecule has 5 nitrogen and oxygen atoms in total. The molecular formula is C18H19NO4. The Balaban J connectivity index is 1.80. The molecule has 2 aromatic rings. The Morgan fingerprint density at radius 1 is 1.13 bits per heavy atom. The fraction of sp³-hybridized carbons (Fsp3) is 0.167.